The van der Waals surface area contributed by atoms with Crippen molar-refractivity contribution in [3.8, 4) is 11.1 Å². The number of benzene rings is 3. The first kappa shape index (κ1) is 21.6. The molecule has 3 aromatic carbocycles. The second-order valence-electron chi connectivity index (χ2n) is 9.17. The van der Waals surface area contributed by atoms with Crippen LogP contribution in [0.3, 0.4) is 0 Å². The second-order valence-corrected chi connectivity index (χ2v) is 9.58. The summed E-state index contributed by atoms with van der Waals surface area (Å²) < 4.78 is 0. The maximum absolute atomic E-state index is 6.72. The third kappa shape index (κ3) is 4.55. The lowest BCUT2D eigenvalue weighted by molar-refractivity contribution is 0.376. The van der Waals surface area contributed by atoms with E-state index in [4.69, 9.17) is 16.6 Å². The first-order valence-electron chi connectivity index (χ1n) is 11.2. The van der Waals surface area contributed by atoms with Crippen LogP contribution < -0.4 is 4.90 Å². The average molecular weight is 431 g/mol. The molecule has 1 atom stereocenters. The van der Waals surface area contributed by atoms with E-state index in [0.717, 1.165) is 35.7 Å². The van der Waals surface area contributed by atoms with Crippen LogP contribution in [-0.2, 0) is 0 Å². The van der Waals surface area contributed by atoms with Gasteiger partial charge in [-0.3, -0.25) is 4.99 Å². The van der Waals surface area contributed by atoms with Crippen molar-refractivity contribution in [3.63, 3.8) is 0 Å². The summed E-state index contributed by atoms with van der Waals surface area (Å²) in [5, 5.41) is 0.759. The van der Waals surface area contributed by atoms with Crippen molar-refractivity contribution in [2.75, 3.05) is 11.4 Å². The maximum Gasteiger partial charge on any atom is 0.0630 e. The fourth-order valence-corrected chi connectivity index (χ4v) is 4.99. The van der Waals surface area contributed by atoms with Crippen molar-refractivity contribution in [1.82, 2.24) is 0 Å². The number of fused-ring (bicyclic) bond motifs is 1. The molecule has 1 aliphatic heterocycles. The number of rotatable bonds is 5. The van der Waals surface area contributed by atoms with Gasteiger partial charge in [0.05, 0.1) is 10.7 Å². The van der Waals surface area contributed by atoms with Crippen LogP contribution in [0.4, 0.5) is 11.4 Å². The van der Waals surface area contributed by atoms with Gasteiger partial charge in [-0.05, 0) is 73.6 Å². The third-order valence-electron chi connectivity index (χ3n) is 6.28. The van der Waals surface area contributed by atoms with Gasteiger partial charge in [0.25, 0.3) is 0 Å². The lowest BCUT2D eigenvalue weighted by Crippen LogP contribution is -2.48. The van der Waals surface area contributed by atoms with Gasteiger partial charge in [-0.15, -0.1) is 0 Å². The van der Waals surface area contributed by atoms with E-state index >= 15 is 0 Å². The lowest BCUT2D eigenvalue weighted by Gasteiger charge is -2.47. The molecule has 0 radical (unpaired) electrons. The molecule has 1 aliphatic rings. The second kappa shape index (κ2) is 8.88. The van der Waals surface area contributed by atoms with Crippen LogP contribution in [0.2, 0.25) is 5.02 Å². The minimum Gasteiger partial charge on any atom is -0.366 e. The number of halogens is 1. The summed E-state index contributed by atoms with van der Waals surface area (Å²) in [7, 11) is 0. The quantitative estimate of drug-likeness (QED) is 0.372. The summed E-state index contributed by atoms with van der Waals surface area (Å²) in [6.45, 7) is 10.3. The summed E-state index contributed by atoms with van der Waals surface area (Å²) in [6.07, 6.45) is 4.16. The largest absolute Gasteiger partial charge is 0.366 e. The van der Waals surface area contributed by atoms with Gasteiger partial charge < -0.3 is 4.90 Å². The summed E-state index contributed by atoms with van der Waals surface area (Å²) in [5.41, 5.74) is 7.11. The van der Waals surface area contributed by atoms with E-state index in [1.165, 1.54) is 22.4 Å². The zero-order valence-electron chi connectivity index (χ0n) is 18.9. The molecule has 160 valence electrons. The van der Waals surface area contributed by atoms with Gasteiger partial charge >= 0.3 is 0 Å². The highest BCUT2D eigenvalue weighted by Gasteiger charge is 2.36. The SMILES string of the molecule is CCCN1c2cc(Cl)c(C=Nc3ccc(-c4ccccc4)cc3)cc2C(C)CC1(C)C. The van der Waals surface area contributed by atoms with E-state index in [2.05, 4.69) is 93.3 Å². The minimum absolute atomic E-state index is 0.141. The highest BCUT2D eigenvalue weighted by Crippen LogP contribution is 2.45. The molecule has 0 aromatic heterocycles. The number of nitrogens with zero attached hydrogens (tertiary/aromatic N) is 2. The molecule has 0 N–H and O–H groups in total. The van der Waals surface area contributed by atoms with Gasteiger partial charge in [0, 0.05) is 29.5 Å². The van der Waals surface area contributed by atoms with Crippen molar-refractivity contribution >= 4 is 29.2 Å². The number of anilines is 1. The van der Waals surface area contributed by atoms with Gasteiger partial charge in [0.1, 0.15) is 0 Å². The molecule has 1 heterocycles. The minimum atomic E-state index is 0.141. The van der Waals surface area contributed by atoms with Gasteiger partial charge in [-0.25, -0.2) is 0 Å². The Hall–Kier alpha value is -2.58. The fraction of sp³-hybridized carbons (Fsp3) is 0.321. The van der Waals surface area contributed by atoms with Crippen molar-refractivity contribution in [2.45, 2.75) is 52.0 Å². The van der Waals surface area contributed by atoms with E-state index in [0.29, 0.717) is 5.92 Å². The molecule has 4 rings (SSSR count). The zero-order valence-corrected chi connectivity index (χ0v) is 19.7. The Morgan fingerprint density at radius 3 is 2.39 bits per heavy atom. The summed E-state index contributed by atoms with van der Waals surface area (Å²) >= 11 is 6.72. The van der Waals surface area contributed by atoms with E-state index in [9.17, 15) is 0 Å². The van der Waals surface area contributed by atoms with Gasteiger partial charge in [0.2, 0.25) is 0 Å². The Kier molecular flexibility index (Phi) is 6.20. The normalized spacial score (nSPS) is 17.7. The average Bonchev–Trinajstić information content (AvgIpc) is 2.76. The predicted molar refractivity (Wildman–Crippen MR) is 135 cm³/mol. The molecule has 3 aromatic rings. The Labute approximate surface area is 191 Å². The molecule has 31 heavy (non-hydrogen) atoms. The summed E-state index contributed by atoms with van der Waals surface area (Å²) in [6, 6.07) is 23.1. The third-order valence-corrected chi connectivity index (χ3v) is 6.61. The fourth-order valence-electron chi connectivity index (χ4n) is 4.78. The Bertz CT molecular complexity index is 1070. The van der Waals surface area contributed by atoms with Gasteiger partial charge in [-0.2, -0.15) is 0 Å². The van der Waals surface area contributed by atoms with Gasteiger partial charge in [0.15, 0.2) is 0 Å². The topological polar surface area (TPSA) is 15.6 Å². The monoisotopic (exact) mass is 430 g/mol. The van der Waals surface area contributed by atoms with Crippen LogP contribution in [0, 0.1) is 0 Å². The maximum atomic E-state index is 6.72. The first-order valence-corrected chi connectivity index (χ1v) is 11.6. The van der Waals surface area contributed by atoms with Crippen molar-refractivity contribution in [2.24, 2.45) is 4.99 Å². The molecule has 0 fully saturated rings. The van der Waals surface area contributed by atoms with E-state index < -0.39 is 0 Å². The molecule has 0 spiro atoms. The molecule has 0 amide bonds. The number of hydrogen-bond acceptors (Lipinski definition) is 2. The molecular weight excluding hydrogens is 400 g/mol. The summed E-state index contributed by atoms with van der Waals surface area (Å²) in [5.74, 6) is 0.493. The molecule has 0 saturated heterocycles. The lowest BCUT2D eigenvalue weighted by atomic mass is 9.79. The highest BCUT2D eigenvalue weighted by atomic mass is 35.5. The Morgan fingerprint density at radius 1 is 1.03 bits per heavy atom. The van der Waals surface area contributed by atoms with E-state index in [-0.39, 0.29) is 5.54 Å². The molecular formula is C28H31ClN2. The Morgan fingerprint density at radius 2 is 1.71 bits per heavy atom. The van der Waals surface area contributed by atoms with Crippen molar-refractivity contribution in [1.29, 1.82) is 0 Å². The van der Waals surface area contributed by atoms with E-state index in [1.54, 1.807) is 0 Å². The van der Waals surface area contributed by atoms with E-state index in [1.807, 2.05) is 12.3 Å². The highest BCUT2D eigenvalue weighted by molar-refractivity contribution is 6.33. The molecule has 0 saturated carbocycles. The molecule has 3 heteroatoms. The van der Waals surface area contributed by atoms with Crippen LogP contribution in [0.5, 0.6) is 0 Å². The van der Waals surface area contributed by atoms with Crippen LogP contribution in [0.15, 0.2) is 71.7 Å². The summed E-state index contributed by atoms with van der Waals surface area (Å²) in [4.78, 5) is 7.23. The molecule has 0 bridgehead atoms. The van der Waals surface area contributed by atoms with Crippen LogP contribution in [-0.4, -0.2) is 18.3 Å². The van der Waals surface area contributed by atoms with Gasteiger partial charge in [-0.1, -0.05) is 67.9 Å². The van der Waals surface area contributed by atoms with Crippen molar-refractivity contribution < 1.29 is 0 Å². The smallest absolute Gasteiger partial charge is 0.0630 e. The number of hydrogen-bond donors (Lipinski definition) is 0. The first-order chi connectivity index (χ1) is 14.9. The standard InChI is InChI=1S/C28H31ClN2/c1-5-15-31-27-17-26(29)23(16-25(27)20(2)18-28(31,3)4)19-30-24-13-11-22(12-14-24)21-9-7-6-8-10-21/h6-14,16-17,19-20H,5,15,18H2,1-4H3. The van der Waals surface area contributed by atoms with Crippen LogP contribution in [0.1, 0.15) is 57.6 Å². The molecule has 2 nitrogen and oxygen atoms in total. The number of aliphatic imine (C=N–C) groups is 1. The molecule has 0 aliphatic carbocycles. The van der Waals surface area contributed by atoms with Crippen LogP contribution >= 0.6 is 11.6 Å². The Balaban J connectivity index is 1.61. The van der Waals surface area contributed by atoms with Crippen molar-refractivity contribution in [3.05, 3.63) is 82.9 Å². The van der Waals surface area contributed by atoms with Crippen LogP contribution in [0.25, 0.3) is 11.1 Å². The predicted octanol–water partition coefficient (Wildman–Crippen LogP) is 8.26. The zero-order chi connectivity index (χ0) is 22.0. The molecule has 1 unspecified atom stereocenters.